The summed E-state index contributed by atoms with van der Waals surface area (Å²) in [4.78, 5) is 0. The minimum atomic E-state index is 0.363. The van der Waals surface area contributed by atoms with Crippen molar-refractivity contribution >= 4 is 0 Å². The summed E-state index contributed by atoms with van der Waals surface area (Å²) in [6, 6.07) is 8.38. The van der Waals surface area contributed by atoms with Crippen molar-refractivity contribution in [3.05, 3.63) is 29.8 Å². The van der Waals surface area contributed by atoms with Crippen molar-refractivity contribution in [1.29, 1.82) is 0 Å². The average molecular weight is 191 g/mol. The van der Waals surface area contributed by atoms with Gasteiger partial charge in [-0.3, -0.25) is 0 Å². The van der Waals surface area contributed by atoms with Gasteiger partial charge in [-0.25, -0.2) is 0 Å². The van der Waals surface area contributed by atoms with Gasteiger partial charge in [0, 0.05) is 6.54 Å². The van der Waals surface area contributed by atoms with Crippen molar-refractivity contribution in [2.24, 2.45) is 0 Å². The molecule has 1 fully saturated rings. The summed E-state index contributed by atoms with van der Waals surface area (Å²) in [6.45, 7) is 4.23. The quantitative estimate of drug-likeness (QED) is 0.789. The van der Waals surface area contributed by atoms with E-state index in [-0.39, 0.29) is 0 Å². The van der Waals surface area contributed by atoms with Gasteiger partial charge in [0.15, 0.2) is 0 Å². The van der Waals surface area contributed by atoms with Crippen LogP contribution in [0.15, 0.2) is 24.3 Å². The summed E-state index contributed by atoms with van der Waals surface area (Å²) in [5.74, 6) is 1.01. The highest BCUT2D eigenvalue weighted by Gasteiger charge is 2.15. The zero-order valence-electron chi connectivity index (χ0n) is 8.62. The number of ether oxygens (including phenoxy) is 1. The lowest BCUT2D eigenvalue weighted by molar-refractivity contribution is 0.223. The molecule has 0 amide bonds. The molecule has 14 heavy (non-hydrogen) atoms. The fourth-order valence-corrected chi connectivity index (χ4v) is 1.76. The minimum Gasteiger partial charge on any atom is -0.489 e. The van der Waals surface area contributed by atoms with Gasteiger partial charge >= 0.3 is 0 Å². The topological polar surface area (TPSA) is 21.3 Å². The fourth-order valence-electron chi connectivity index (χ4n) is 1.76. The molecule has 1 aliphatic rings. The van der Waals surface area contributed by atoms with Crippen LogP contribution in [0.4, 0.5) is 0 Å². The molecule has 0 bridgehead atoms. The smallest absolute Gasteiger partial charge is 0.120 e. The van der Waals surface area contributed by atoms with E-state index < -0.39 is 0 Å². The Morgan fingerprint density at radius 3 is 3.14 bits per heavy atom. The molecule has 1 aliphatic heterocycles. The number of rotatable bonds is 3. The normalized spacial score (nSPS) is 21.1. The maximum atomic E-state index is 5.86. The number of hydrogen-bond acceptors (Lipinski definition) is 2. The van der Waals surface area contributed by atoms with Gasteiger partial charge in [-0.15, -0.1) is 0 Å². The van der Waals surface area contributed by atoms with Crippen LogP contribution in [-0.4, -0.2) is 19.2 Å². The molecule has 1 aromatic carbocycles. The molecule has 0 spiro atoms. The van der Waals surface area contributed by atoms with Crippen molar-refractivity contribution in [3.63, 3.8) is 0 Å². The molecule has 1 atom stereocenters. The standard InChI is InChI=1S/C12H17NO/c1-2-10-4-3-5-11(8-10)14-12-6-7-13-9-12/h3-5,8,12-13H,2,6-7,9H2,1H3. The Hall–Kier alpha value is -1.02. The first-order valence-corrected chi connectivity index (χ1v) is 5.35. The molecule has 0 saturated carbocycles. The molecule has 2 nitrogen and oxygen atoms in total. The summed E-state index contributed by atoms with van der Waals surface area (Å²) in [6.07, 6.45) is 2.55. The van der Waals surface area contributed by atoms with Gasteiger partial charge in [-0.1, -0.05) is 19.1 Å². The Labute approximate surface area is 85.3 Å². The van der Waals surface area contributed by atoms with Crippen LogP contribution >= 0.6 is 0 Å². The number of nitrogens with one attached hydrogen (secondary N) is 1. The van der Waals surface area contributed by atoms with Crippen LogP contribution in [-0.2, 0) is 6.42 Å². The van der Waals surface area contributed by atoms with Crippen LogP contribution in [0.1, 0.15) is 18.9 Å². The first-order valence-electron chi connectivity index (χ1n) is 5.35. The molecule has 1 unspecified atom stereocenters. The lowest BCUT2D eigenvalue weighted by atomic mass is 10.1. The second kappa shape index (κ2) is 4.47. The number of aryl methyl sites for hydroxylation is 1. The van der Waals surface area contributed by atoms with Crippen molar-refractivity contribution < 1.29 is 4.74 Å². The maximum absolute atomic E-state index is 5.86. The molecule has 2 heteroatoms. The van der Waals surface area contributed by atoms with Gasteiger partial charge in [0.2, 0.25) is 0 Å². The van der Waals surface area contributed by atoms with Gasteiger partial charge < -0.3 is 10.1 Å². The van der Waals surface area contributed by atoms with Gasteiger partial charge in [0.25, 0.3) is 0 Å². The van der Waals surface area contributed by atoms with Crippen LogP contribution in [0.3, 0.4) is 0 Å². The van der Waals surface area contributed by atoms with Gasteiger partial charge in [0.1, 0.15) is 11.9 Å². The van der Waals surface area contributed by atoms with E-state index in [0.717, 1.165) is 31.7 Å². The molecule has 0 aliphatic carbocycles. The second-order valence-corrected chi connectivity index (χ2v) is 3.73. The van der Waals surface area contributed by atoms with Crippen LogP contribution in [0, 0.1) is 0 Å². The summed E-state index contributed by atoms with van der Waals surface area (Å²) in [5.41, 5.74) is 1.34. The molecule has 1 heterocycles. The first-order chi connectivity index (χ1) is 6.88. The highest BCUT2D eigenvalue weighted by molar-refractivity contribution is 5.28. The van der Waals surface area contributed by atoms with Crippen LogP contribution in [0.25, 0.3) is 0 Å². The Morgan fingerprint density at radius 2 is 2.43 bits per heavy atom. The molecule has 1 saturated heterocycles. The number of benzene rings is 1. The van der Waals surface area contributed by atoms with E-state index >= 15 is 0 Å². The van der Waals surface area contributed by atoms with E-state index in [2.05, 4.69) is 30.4 Å². The van der Waals surface area contributed by atoms with E-state index in [1.165, 1.54) is 5.56 Å². The van der Waals surface area contributed by atoms with E-state index in [4.69, 9.17) is 4.74 Å². The molecule has 76 valence electrons. The van der Waals surface area contributed by atoms with E-state index in [9.17, 15) is 0 Å². The highest BCUT2D eigenvalue weighted by Crippen LogP contribution is 2.17. The Balaban J connectivity index is 2.00. The lowest BCUT2D eigenvalue weighted by Gasteiger charge is -2.12. The average Bonchev–Trinajstić information content (AvgIpc) is 2.71. The predicted octanol–water partition coefficient (Wildman–Crippen LogP) is 1.99. The van der Waals surface area contributed by atoms with E-state index in [1.54, 1.807) is 0 Å². The van der Waals surface area contributed by atoms with Crippen molar-refractivity contribution in [2.45, 2.75) is 25.9 Å². The third-order valence-corrected chi connectivity index (χ3v) is 2.62. The van der Waals surface area contributed by atoms with Crippen molar-refractivity contribution in [3.8, 4) is 5.75 Å². The second-order valence-electron chi connectivity index (χ2n) is 3.73. The van der Waals surface area contributed by atoms with Crippen molar-refractivity contribution in [2.75, 3.05) is 13.1 Å². The zero-order chi connectivity index (χ0) is 9.80. The summed E-state index contributed by atoms with van der Waals surface area (Å²) in [5, 5.41) is 3.30. The Kier molecular flexibility index (Phi) is 3.04. The maximum Gasteiger partial charge on any atom is 0.120 e. The predicted molar refractivity (Wildman–Crippen MR) is 57.7 cm³/mol. The Morgan fingerprint density at radius 1 is 1.50 bits per heavy atom. The first kappa shape index (κ1) is 9.53. The third kappa shape index (κ3) is 2.26. The summed E-state index contributed by atoms with van der Waals surface area (Å²) in [7, 11) is 0. The SMILES string of the molecule is CCc1cccc(OC2CCNC2)c1. The van der Waals surface area contributed by atoms with Gasteiger partial charge in [-0.05, 0) is 37.1 Å². The van der Waals surface area contributed by atoms with E-state index in [0.29, 0.717) is 6.10 Å². The van der Waals surface area contributed by atoms with Crippen LogP contribution < -0.4 is 10.1 Å². The van der Waals surface area contributed by atoms with Crippen LogP contribution in [0.2, 0.25) is 0 Å². The molecule has 2 rings (SSSR count). The number of hydrogen-bond donors (Lipinski definition) is 1. The molecule has 0 aromatic heterocycles. The van der Waals surface area contributed by atoms with Gasteiger partial charge in [0.05, 0.1) is 0 Å². The molecule has 0 radical (unpaired) electrons. The molecular formula is C12H17NO. The molecule has 1 aromatic rings. The molecule has 1 N–H and O–H groups in total. The highest BCUT2D eigenvalue weighted by atomic mass is 16.5. The third-order valence-electron chi connectivity index (χ3n) is 2.62. The van der Waals surface area contributed by atoms with Gasteiger partial charge in [-0.2, -0.15) is 0 Å². The molecular weight excluding hydrogens is 174 g/mol. The zero-order valence-corrected chi connectivity index (χ0v) is 8.62. The largest absolute Gasteiger partial charge is 0.489 e. The minimum absolute atomic E-state index is 0.363. The van der Waals surface area contributed by atoms with Crippen molar-refractivity contribution in [1.82, 2.24) is 5.32 Å². The van der Waals surface area contributed by atoms with Crippen LogP contribution in [0.5, 0.6) is 5.75 Å². The van der Waals surface area contributed by atoms with E-state index in [1.807, 2.05) is 6.07 Å². The fraction of sp³-hybridized carbons (Fsp3) is 0.500. The monoisotopic (exact) mass is 191 g/mol. The Bertz CT molecular complexity index is 292. The summed E-state index contributed by atoms with van der Waals surface area (Å²) >= 11 is 0. The lowest BCUT2D eigenvalue weighted by Crippen LogP contribution is -2.19. The summed E-state index contributed by atoms with van der Waals surface area (Å²) < 4.78 is 5.86.